The van der Waals surface area contributed by atoms with Crippen LogP contribution in [0.15, 0.2) is 164 Å². The van der Waals surface area contributed by atoms with Gasteiger partial charge in [0.25, 0.3) is 0 Å². The Balaban J connectivity index is 1.29. The number of hydrogen-bond donors (Lipinski definition) is 0. The van der Waals surface area contributed by atoms with E-state index in [-0.39, 0.29) is 0 Å². The predicted octanol–water partition coefficient (Wildman–Crippen LogP) is 11.2. The second-order valence-corrected chi connectivity index (χ2v) is 11.7. The average molecular weight is 586 g/mol. The normalized spacial score (nSPS) is 11.5. The first kappa shape index (κ1) is 26.2. The predicted molar refractivity (Wildman–Crippen MR) is 192 cm³/mol. The Hall–Kier alpha value is -6.19. The fourth-order valence-electron chi connectivity index (χ4n) is 6.73. The van der Waals surface area contributed by atoms with Gasteiger partial charge in [-0.25, -0.2) is 0 Å². The van der Waals surface area contributed by atoms with Gasteiger partial charge in [-0.1, -0.05) is 115 Å². The maximum atomic E-state index is 5.15. The Bertz CT molecular complexity index is 2580. The summed E-state index contributed by atoms with van der Waals surface area (Å²) in [5, 5.41) is 6.90. The molecular weight excluding hydrogens is 558 g/mol. The van der Waals surface area contributed by atoms with E-state index < -0.39 is 0 Å². The molecule has 214 valence electrons. The summed E-state index contributed by atoms with van der Waals surface area (Å²) in [5.74, 6) is 0. The van der Waals surface area contributed by atoms with Crippen LogP contribution < -0.4 is 0 Å². The van der Waals surface area contributed by atoms with E-state index in [0.29, 0.717) is 0 Å². The molecule has 0 amide bonds. The minimum Gasteiger partial charge on any atom is -0.255 e. The molecule has 0 aliphatic rings. The summed E-state index contributed by atoms with van der Waals surface area (Å²) in [6.07, 6.45) is 5.83. The summed E-state index contributed by atoms with van der Waals surface area (Å²) in [6.45, 7) is 0. The molecule has 0 aliphatic carbocycles. The molecule has 0 spiro atoms. The number of aromatic nitrogens is 3. The molecular formula is C43H27N3. The first-order valence-electron chi connectivity index (χ1n) is 15.5. The minimum absolute atomic E-state index is 0.913. The fourth-order valence-corrected chi connectivity index (χ4v) is 6.73. The van der Waals surface area contributed by atoms with Crippen molar-refractivity contribution in [1.29, 1.82) is 0 Å². The maximum absolute atomic E-state index is 5.15. The standard InChI is InChI=1S/C43H27N3/c1-2-10-29(11-3-1)40-27-46-41(39-17-7-6-16-38(39)40)34-24-32(23-33(25-34)37-18-8-13-28-12-4-5-15-36(28)37)35-22-31-20-19-30-14-9-21-44-42(30)43(31)45-26-35/h1-27H. The molecule has 9 rings (SSSR count). The zero-order valence-corrected chi connectivity index (χ0v) is 24.9. The van der Waals surface area contributed by atoms with Crippen LogP contribution in [0.4, 0.5) is 0 Å². The summed E-state index contributed by atoms with van der Waals surface area (Å²) in [6, 6.07) is 51.6. The van der Waals surface area contributed by atoms with Crippen LogP contribution in [-0.4, -0.2) is 15.0 Å². The average Bonchev–Trinajstić information content (AvgIpc) is 3.14. The molecule has 0 aliphatic heterocycles. The molecule has 0 atom stereocenters. The van der Waals surface area contributed by atoms with E-state index in [9.17, 15) is 0 Å². The van der Waals surface area contributed by atoms with Gasteiger partial charge in [-0.05, 0) is 68.7 Å². The van der Waals surface area contributed by atoms with Gasteiger partial charge in [0.15, 0.2) is 0 Å². The highest BCUT2D eigenvalue weighted by Gasteiger charge is 2.15. The van der Waals surface area contributed by atoms with Gasteiger partial charge < -0.3 is 0 Å². The van der Waals surface area contributed by atoms with Crippen LogP contribution in [0.5, 0.6) is 0 Å². The van der Waals surface area contributed by atoms with Gasteiger partial charge in [-0.15, -0.1) is 0 Å². The van der Waals surface area contributed by atoms with E-state index in [1.807, 2.05) is 24.7 Å². The van der Waals surface area contributed by atoms with Gasteiger partial charge in [0, 0.05) is 51.4 Å². The molecule has 9 aromatic rings. The molecule has 3 aromatic heterocycles. The smallest absolute Gasteiger partial charge is 0.0964 e. The monoisotopic (exact) mass is 585 g/mol. The molecule has 0 saturated carbocycles. The third-order valence-electron chi connectivity index (χ3n) is 8.94. The van der Waals surface area contributed by atoms with Crippen molar-refractivity contribution in [3.05, 3.63) is 164 Å². The third-order valence-corrected chi connectivity index (χ3v) is 8.94. The SMILES string of the molecule is c1ccc(-c2cnc(-c3cc(-c4cnc5c(ccc6cccnc65)c4)cc(-c4cccc5ccccc45)c3)c3ccccc23)cc1. The van der Waals surface area contributed by atoms with Gasteiger partial charge >= 0.3 is 0 Å². The van der Waals surface area contributed by atoms with Crippen molar-refractivity contribution < 1.29 is 0 Å². The Morgan fingerprint density at radius 1 is 0.326 bits per heavy atom. The van der Waals surface area contributed by atoms with Crippen LogP contribution in [0.25, 0.3) is 88.0 Å². The van der Waals surface area contributed by atoms with E-state index in [1.54, 1.807) is 0 Å². The van der Waals surface area contributed by atoms with Crippen molar-refractivity contribution in [2.24, 2.45) is 0 Å². The van der Waals surface area contributed by atoms with E-state index >= 15 is 0 Å². The van der Waals surface area contributed by atoms with E-state index in [1.165, 1.54) is 21.7 Å². The van der Waals surface area contributed by atoms with Crippen molar-refractivity contribution in [3.8, 4) is 44.6 Å². The largest absolute Gasteiger partial charge is 0.255 e. The lowest BCUT2D eigenvalue weighted by molar-refractivity contribution is 1.35. The van der Waals surface area contributed by atoms with Gasteiger partial charge in [0.1, 0.15) is 0 Å². The van der Waals surface area contributed by atoms with Gasteiger partial charge in [-0.2, -0.15) is 0 Å². The molecule has 6 aromatic carbocycles. The lowest BCUT2D eigenvalue weighted by Crippen LogP contribution is -1.93. The highest BCUT2D eigenvalue weighted by molar-refractivity contribution is 6.06. The zero-order valence-electron chi connectivity index (χ0n) is 24.9. The highest BCUT2D eigenvalue weighted by Crippen LogP contribution is 2.39. The third kappa shape index (κ3) is 4.41. The van der Waals surface area contributed by atoms with Crippen molar-refractivity contribution in [1.82, 2.24) is 15.0 Å². The molecule has 0 fully saturated rings. The Kier molecular flexibility index (Phi) is 6.14. The quantitative estimate of drug-likeness (QED) is 0.193. The molecule has 3 nitrogen and oxygen atoms in total. The molecule has 0 N–H and O–H groups in total. The van der Waals surface area contributed by atoms with Crippen molar-refractivity contribution in [2.45, 2.75) is 0 Å². The summed E-state index contributed by atoms with van der Waals surface area (Å²) in [5.41, 5.74) is 10.6. The Morgan fingerprint density at radius 3 is 1.93 bits per heavy atom. The lowest BCUT2D eigenvalue weighted by Gasteiger charge is -2.15. The van der Waals surface area contributed by atoms with Gasteiger partial charge in [0.2, 0.25) is 0 Å². The molecule has 0 bridgehead atoms. The first-order chi connectivity index (χ1) is 22.8. The fraction of sp³-hybridized carbons (Fsp3) is 0. The van der Waals surface area contributed by atoms with Crippen LogP contribution in [0.1, 0.15) is 0 Å². The number of benzene rings is 6. The van der Waals surface area contributed by atoms with E-state index in [0.717, 1.165) is 66.3 Å². The van der Waals surface area contributed by atoms with Crippen LogP contribution in [0, 0.1) is 0 Å². The summed E-state index contributed by atoms with van der Waals surface area (Å²) in [4.78, 5) is 14.7. The number of nitrogens with zero attached hydrogens (tertiary/aromatic N) is 3. The van der Waals surface area contributed by atoms with Crippen LogP contribution in [0.3, 0.4) is 0 Å². The number of fused-ring (bicyclic) bond motifs is 5. The topological polar surface area (TPSA) is 38.7 Å². The van der Waals surface area contributed by atoms with Crippen LogP contribution in [-0.2, 0) is 0 Å². The second kappa shape index (κ2) is 10.8. The zero-order chi connectivity index (χ0) is 30.5. The number of pyridine rings is 3. The van der Waals surface area contributed by atoms with Crippen LogP contribution >= 0.6 is 0 Å². The molecule has 3 heteroatoms. The van der Waals surface area contributed by atoms with Crippen molar-refractivity contribution >= 4 is 43.4 Å². The van der Waals surface area contributed by atoms with Crippen molar-refractivity contribution in [3.63, 3.8) is 0 Å². The molecule has 0 radical (unpaired) electrons. The molecule has 46 heavy (non-hydrogen) atoms. The molecule has 3 heterocycles. The molecule has 0 saturated heterocycles. The van der Waals surface area contributed by atoms with Gasteiger partial charge in [0.05, 0.1) is 16.7 Å². The van der Waals surface area contributed by atoms with E-state index in [2.05, 4.69) is 145 Å². The highest BCUT2D eigenvalue weighted by atomic mass is 14.7. The summed E-state index contributed by atoms with van der Waals surface area (Å²) < 4.78 is 0. The maximum Gasteiger partial charge on any atom is 0.0964 e. The number of rotatable bonds is 4. The summed E-state index contributed by atoms with van der Waals surface area (Å²) >= 11 is 0. The Morgan fingerprint density at radius 2 is 1.02 bits per heavy atom. The second-order valence-electron chi connectivity index (χ2n) is 11.7. The van der Waals surface area contributed by atoms with Gasteiger partial charge in [-0.3, -0.25) is 15.0 Å². The van der Waals surface area contributed by atoms with Crippen molar-refractivity contribution in [2.75, 3.05) is 0 Å². The lowest BCUT2D eigenvalue weighted by atomic mass is 9.91. The minimum atomic E-state index is 0.913. The Labute approximate surface area is 266 Å². The van der Waals surface area contributed by atoms with Crippen LogP contribution in [0.2, 0.25) is 0 Å². The summed E-state index contributed by atoms with van der Waals surface area (Å²) in [7, 11) is 0. The first-order valence-corrected chi connectivity index (χ1v) is 15.5. The number of hydrogen-bond acceptors (Lipinski definition) is 3. The molecule has 0 unspecified atom stereocenters. The van der Waals surface area contributed by atoms with E-state index in [4.69, 9.17) is 9.97 Å².